The second-order valence-corrected chi connectivity index (χ2v) is 5.65. The van der Waals surface area contributed by atoms with Gasteiger partial charge in [-0.2, -0.15) is 0 Å². The largest absolute Gasteiger partial charge is 0.332 e. The maximum atomic E-state index is 12.4. The lowest BCUT2D eigenvalue weighted by Gasteiger charge is -2.34. The molecule has 1 fully saturated rings. The number of hydrogen-bond donors (Lipinski definition) is 2. The molecule has 2 rings (SSSR count). The van der Waals surface area contributed by atoms with Gasteiger partial charge in [-0.3, -0.25) is 19.7 Å². The molecule has 1 atom stereocenters. The molecule has 8 nitrogen and oxygen atoms in total. The van der Waals surface area contributed by atoms with Crippen molar-refractivity contribution in [2.75, 3.05) is 31.5 Å². The zero-order valence-corrected chi connectivity index (χ0v) is 13.2. The molecule has 1 aliphatic heterocycles. The van der Waals surface area contributed by atoms with Crippen molar-refractivity contribution in [3.05, 3.63) is 34.4 Å². The van der Waals surface area contributed by atoms with E-state index in [-0.39, 0.29) is 29.2 Å². The maximum Gasteiger partial charge on any atom is 0.292 e. The molecule has 2 N–H and O–H groups in total. The number of amides is 2. The molecule has 1 aromatic rings. The van der Waals surface area contributed by atoms with Gasteiger partial charge in [-0.25, -0.2) is 0 Å². The van der Waals surface area contributed by atoms with Gasteiger partial charge in [-0.15, -0.1) is 0 Å². The summed E-state index contributed by atoms with van der Waals surface area (Å²) in [5, 5.41) is 13.6. The van der Waals surface area contributed by atoms with E-state index >= 15 is 0 Å². The predicted octanol–water partition coefficient (Wildman–Crippen LogP) is -0.331. The summed E-state index contributed by atoms with van der Waals surface area (Å²) in [5.74, 6) is -0.216. The molecule has 0 aliphatic carbocycles. The summed E-state index contributed by atoms with van der Waals surface area (Å²) in [6.45, 7) is 5.94. The van der Waals surface area contributed by atoms with Crippen LogP contribution in [0.5, 0.6) is 0 Å². The highest BCUT2D eigenvalue weighted by atomic mass is 16.6. The fraction of sp³-hybridized carbons (Fsp3) is 0.467. The Balaban J connectivity index is 1.99. The van der Waals surface area contributed by atoms with Crippen molar-refractivity contribution in [3.8, 4) is 0 Å². The number of nitrogens with one attached hydrogen (secondary N) is 2. The van der Waals surface area contributed by atoms with E-state index in [0.29, 0.717) is 26.2 Å². The summed E-state index contributed by atoms with van der Waals surface area (Å²) in [7, 11) is 0. The Kier molecular flexibility index (Phi) is 5.28. The van der Waals surface area contributed by atoms with E-state index in [1.807, 2.05) is 0 Å². The monoisotopic (exact) mass is 321 g/mol. The summed E-state index contributed by atoms with van der Waals surface area (Å²) in [5.41, 5.74) is 0.0839. The number of carbonyl (C=O) groups is 2. The second-order valence-electron chi connectivity index (χ2n) is 5.65. The second kappa shape index (κ2) is 7.19. The number of nitro benzene ring substituents is 1. The lowest BCUT2D eigenvalue weighted by molar-refractivity contribution is -0.917. The third-order valence-corrected chi connectivity index (χ3v) is 4.22. The molecule has 8 heteroatoms. The highest BCUT2D eigenvalue weighted by Crippen LogP contribution is 2.23. The number of anilines is 1. The fourth-order valence-corrected chi connectivity index (χ4v) is 2.71. The number of hydrogen-bond acceptors (Lipinski definition) is 4. The van der Waals surface area contributed by atoms with Gasteiger partial charge in [-0.1, -0.05) is 12.1 Å². The van der Waals surface area contributed by atoms with Crippen LogP contribution in [-0.4, -0.2) is 53.9 Å². The summed E-state index contributed by atoms with van der Waals surface area (Å²) in [6.07, 6.45) is 0. The normalized spacial score (nSPS) is 16.7. The van der Waals surface area contributed by atoms with E-state index in [1.165, 1.54) is 19.1 Å². The van der Waals surface area contributed by atoms with Gasteiger partial charge in [0.05, 0.1) is 31.1 Å². The lowest BCUT2D eigenvalue weighted by Crippen LogP contribution is -3.19. The van der Waals surface area contributed by atoms with Crippen LogP contribution in [0.3, 0.4) is 0 Å². The highest BCUT2D eigenvalue weighted by Gasteiger charge is 2.30. The average molecular weight is 321 g/mol. The number of quaternary nitrogens is 1. The molecule has 1 aromatic carbocycles. The molecular formula is C15H21N4O4+. The van der Waals surface area contributed by atoms with Gasteiger partial charge in [0.15, 0.2) is 6.04 Å². The molecule has 1 saturated heterocycles. The van der Waals surface area contributed by atoms with E-state index in [2.05, 4.69) is 5.32 Å². The summed E-state index contributed by atoms with van der Waals surface area (Å²) < 4.78 is 0. The minimum absolute atomic E-state index is 0.0427. The molecule has 0 saturated carbocycles. The van der Waals surface area contributed by atoms with Crippen LogP contribution < -0.4 is 10.2 Å². The van der Waals surface area contributed by atoms with Crippen LogP contribution in [0.25, 0.3) is 0 Å². The minimum atomic E-state index is -0.515. The van der Waals surface area contributed by atoms with Crippen molar-refractivity contribution in [2.45, 2.75) is 19.9 Å². The summed E-state index contributed by atoms with van der Waals surface area (Å²) in [4.78, 5) is 37.0. The first-order valence-electron chi connectivity index (χ1n) is 7.54. The number of para-hydroxylation sites is 2. The molecule has 0 aromatic heterocycles. The highest BCUT2D eigenvalue weighted by molar-refractivity contribution is 5.95. The zero-order chi connectivity index (χ0) is 17.0. The van der Waals surface area contributed by atoms with Crippen molar-refractivity contribution in [1.82, 2.24) is 4.90 Å². The SMILES string of the molecule is CC(=O)N1CC[NH+]([C@@H](C)C(=O)Nc2ccccc2[N+](=O)[O-])CC1. The first-order chi connectivity index (χ1) is 10.9. The Hall–Kier alpha value is -2.48. The number of nitro groups is 1. The van der Waals surface area contributed by atoms with Crippen LogP contribution in [0.2, 0.25) is 0 Å². The molecule has 1 aliphatic rings. The molecule has 0 radical (unpaired) electrons. The van der Waals surface area contributed by atoms with Gasteiger partial charge in [0.1, 0.15) is 5.69 Å². The number of benzene rings is 1. The van der Waals surface area contributed by atoms with Gasteiger partial charge < -0.3 is 15.1 Å². The van der Waals surface area contributed by atoms with Gasteiger partial charge in [0.2, 0.25) is 5.91 Å². The Morgan fingerprint density at radius 2 is 1.91 bits per heavy atom. The zero-order valence-electron chi connectivity index (χ0n) is 13.2. The predicted molar refractivity (Wildman–Crippen MR) is 84.1 cm³/mol. The van der Waals surface area contributed by atoms with E-state index in [0.717, 1.165) is 4.90 Å². The molecule has 23 heavy (non-hydrogen) atoms. The fourth-order valence-electron chi connectivity index (χ4n) is 2.71. The van der Waals surface area contributed by atoms with E-state index in [4.69, 9.17) is 0 Å². The van der Waals surface area contributed by atoms with Crippen LogP contribution in [-0.2, 0) is 9.59 Å². The van der Waals surface area contributed by atoms with Gasteiger partial charge in [-0.05, 0) is 13.0 Å². The first kappa shape index (κ1) is 16.9. The topological polar surface area (TPSA) is 97.0 Å². The molecule has 0 spiro atoms. The van der Waals surface area contributed by atoms with Crippen LogP contribution in [0.15, 0.2) is 24.3 Å². The van der Waals surface area contributed by atoms with E-state index < -0.39 is 4.92 Å². The maximum absolute atomic E-state index is 12.4. The molecule has 0 unspecified atom stereocenters. The Morgan fingerprint density at radius 1 is 1.30 bits per heavy atom. The average Bonchev–Trinajstić information content (AvgIpc) is 2.54. The van der Waals surface area contributed by atoms with Crippen molar-refractivity contribution in [3.63, 3.8) is 0 Å². The lowest BCUT2D eigenvalue weighted by atomic mass is 10.2. The van der Waals surface area contributed by atoms with Gasteiger partial charge >= 0.3 is 0 Å². The van der Waals surface area contributed by atoms with Crippen LogP contribution >= 0.6 is 0 Å². The van der Waals surface area contributed by atoms with Crippen molar-refractivity contribution < 1.29 is 19.4 Å². The smallest absolute Gasteiger partial charge is 0.292 e. The molecule has 0 bridgehead atoms. The van der Waals surface area contributed by atoms with E-state index in [9.17, 15) is 19.7 Å². The molecular weight excluding hydrogens is 300 g/mol. The number of nitrogens with zero attached hydrogens (tertiary/aromatic N) is 2. The first-order valence-corrected chi connectivity index (χ1v) is 7.54. The van der Waals surface area contributed by atoms with Gasteiger partial charge in [0, 0.05) is 13.0 Å². The molecule has 1 heterocycles. The minimum Gasteiger partial charge on any atom is -0.332 e. The molecule has 124 valence electrons. The number of carbonyl (C=O) groups excluding carboxylic acids is 2. The third kappa shape index (κ3) is 4.04. The Bertz CT molecular complexity index is 611. The number of rotatable bonds is 4. The van der Waals surface area contributed by atoms with Crippen molar-refractivity contribution >= 4 is 23.2 Å². The standard InChI is InChI=1S/C15H20N4O4/c1-11(17-7-9-18(10-8-17)12(2)20)15(21)16-13-5-3-4-6-14(13)19(22)23/h3-6,11H,7-10H2,1-2H3,(H,16,21)/p+1/t11-/m0/s1. The van der Waals surface area contributed by atoms with Crippen molar-refractivity contribution in [1.29, 1.82) is 0 Å². The van der Waals surface area contributed by atoms with Crippen molar-refractivity contribution in [2.24, 2.45) is 0 Å². The van der Waals surface area contributed by atoms with E-state index in [1.54, 1.807) is 24.0 Å². The quantitative estimate of drug-likeness (QED) is 0.586. The van der Waals surface area contributed by atoms with Crippen LogP contribution in [0.4, 0.5) is 11.4 Å². The Labute approximate surface area is 134 Å². The summed E-state index contributed by atoms with van der Waals surface area (Å²) in [6, 6.07) is 5.74. The number of piperazine rings is 1. The van der Waals surface area contributed by atoms with Gasteiger partial charge in [0.25, 0.3) is 11.6 Å². The molecule has 2 amide bonds. The van der Waals surface area contributed by atoms with Crippen LogP contribution in [0, 0.1) is 10.1 Å². The Morgan fingerprint density at radius 3 is 2.48 bits per heavy atom. The van der Waals surface area contributed by atoms with Crippen LogP contribution in [0.1, 0.15) is 13.8 Å². The summed E-state index contributed by atoms with van der Waals surface area (Å²) >= 11 is 0. The third-order valence-electron chi connectivity index (χ3n) is 4.22.